The van der Waals surface area contributed by atoms with Gasteiger partial charge in [-0.25, -0.2) is 4.39 Å². The smallest absolute Gasteiger partial charge is 0.254 e. The number of fused-ring (bicyclic) bond motifs is 1. The van der Waals surface area contributed by atoms with Crippen molar-refractivity contribution < 1.29 is 18.7 Å². The molecule has 0 radical (unpaired) electrons. The van der Waals surface area contributed by atoms with Gasteiger partial charge >= 0.3 is 0 Å². The lowest BCUT2D eigenvalue weighted by Crippen LogP contribution is -2.47. The third kappa shape index (κ3) is 4.74. The lowest BCUT2D eigenvalue weighted by molar-refractivity contribution is -0.134. The van der Waals surface area contributed by atoms with Gasteiger partial charge in [0.15, 0.2) is 0 Å². The van der Waals surface area contributed by atoms with Crippen LogP contribution in [0.3, 0.4) is 0 Å². The number of hydrogen-bond donors (Lipinski definition) is 0. The number of hydrogen-bond acceptors (Lipinski definition) is 4. The van der Waals surface area contributed by atoms with Crippen LogP contribution in [0.15, 0.2) is 66.0 Å². The molecule has 0 bridgehead atoms. The van der Waals surface area contributed by atoms with E-state index in [-0.39, 0.29) is 30.9 Å². The average molecular weight is 453 g/mol. The minimum Gasteiger partial charge on any atom is -0.383 e. The Labute approximate surface area is 191 Å². The standard InChI is InChI=1S/C25H25FN2O3S/c1-31-15-14-27(25(30)19-7-9-20(26)10-8-19)17-23(29)28-13-11-22-21(12-16-32-22)24(28)18-5-3-2-4-6-18/h2-10,12,16,24H,11,13-15,17H2,1H3. The molecule has 0 spiro atoms. The molecule has 2 aromatic carbocycles. The number of nitrogens with zero attached hydrogens (tertiary/aromatic N) is 2. The number of benzene rings is 2. The Bertz CT molecular complexity index is 1070. The first-order chi connectivity index (χ1) is 15.6. The van der Waals surface area contributed by atoms with Gasteiger partial charge in [-0.05, 0) is 53.3 Å². The largest absolute Gasteiger partial charge is 0.383 e. The van der Waals surface area contributed by atoms with Crippen LogP contribution in [0.4, 0.5) is 4.39 Å². The van der Waals surface area contributed by atoms with E-state index < -0.39 is 5.82 Å². The van der Waals surface area contributed by atoms with Crippen LogP contribution in [-0.2, 0) is 16.0 Å². The Balaban J connectivity index is 1.59. The van der Waals surface area contributed by atoms with Crippen molar-refractivity contribution in [1.29, 1.82) is 0 Å². The summed E-state index contributed by atoms with van der Waals surface area (Å²) in [7, 11) is 1.55. The van der Waals surface area contributed by atoms with E-state index in [2.05, 4.69) is 11.4 Å². The van der Waals surface area contributed by atoms with Crippen LogP contribution in [0.25, 0.3) is 0 Å². The molecule has 1 atom stereocenters. The van der Waals surface area contributed by atoms with E-state index in [1.807, 2.05) is 35.2 Å². The fourth-order valence-corrected chi connectivity index (χ4v) is 4.97. The number of halogens is 1. The van der Waals surface area contributed by atoms with Crippen LogP contribution in [0, 0.1) is 5.82 Å². The van der Waals surface area contributed by atoms with Crippen molar-refractivity contribution in [3.8, 4) is 0 Å². The third-order valence-corrected chi connectivity index (χ3v) is 6.67. The molecule has 0 saturated carbocycles. The second kappa shape index (κ2) is 10.1. The number of amides is 2. The average Bonchev–Trinajstić information content (AvgIpc) is 3.30. The van der Waals surface area contributed by atoms with Crippen LogP contribution in [-0.4, -0.2) is 55.0 Å². The van der Waals surface area contributed by atoms with Crippen LogP contribution >= 0.6 is 11.3 Å². The summed E-state index contributed by atoms with van der Waals surface area (Å²) in [6.07, 6.45) is 0.798. The predicted octanol–water partition coefficient (Wildman–Crippen LogP) is 4.15. The molecule has 1 aliphatic rings. The molecule has 0 saturated heterocycles. The summed E-state index contributed by atoms with van der Waals surface area (Å²) >= 11 is 1.72. The number of methoxy groups -OCH3 is 1. The molecular formula is C25H25FN2O3S. The maximum absolute atomic E-state index is 13.5. The molecule has 32 heavy (non-hydrogen) atoms. The minimum atomic E-state index is -0.411. The summed E-state index contributed by atoms with van der Waals surface area (Å²) < 4.78 is 18.5. The van der Waals surface area contributed by atoms with E-state index in [9.17, 15) is 14.0 Å². The summed E-state index contributed by atoms with van der Waals surface area (Å²) in [5.74, 6) is -0.853. The lowest BCUT2D eigenvalue weighted by atomic mass is 9.93. The lowest BCUT2D eigenvalue weighted by Gasteiger charge is -2.37. The van der Waals surface area contributed by atoms with Gasteiger partial charge in [0, 0.05) is 30.6 Å². The molecule has 0 aliphatic carbocycles. The Morgan fingerprint density at radius 3 is 2.59 bits per heavy atom. The van der Waals surface area contributed by atoms with Gasteiger partial charge in [0.1, 0.15) is 12.4 Å². The predicted molar refractivity (Wildman–Crippen MR) is 122 cm³/mol. The summed E-state index contributed by atoms with van der Waals surface area (Å²) in [5, 5.41) is 2.07. The minimum absolute atomic E-state index is 0.0671. The van der Waals surface area contributed by atoms with Gasteiger partial charge in [-0.15, -0.1) is 11.3 Å². The number of rotatable bonds is 7. The van der Waals surface area contributed by atoms with Crippen LogP contribution in [0.1, 0.15) is 32.4 Å². The van der Waals surface area contributed by atoms with Crippen molar-refractivity contribution >= 4 is 23.2 Å². The first-order valence-electron chi connectivity index (χ1n) is 10.5. The second-order valence-corrected chi connectivity index (χ2v) is 8.68. The van der Waals surface area contributed by atoms with E-state index in [1.54, 1.807) is 18.4 Å². The molecule has 0 N–H and O–H groups in total. The maximum atomic E-state index is 13.5. The van der Waals surface area contributed by atoms with Crippen LogP contribution in [0.2, 0.25) is 0 Å². The number of carbonyl (C=O) groups excluding carboxylic acids is 2. The molecule has 5 nitrogen and oxygen atoms in total. The van der Waals surface area contributed by atoms with E-state index in [0.717, 1.165) is 17.5 Å². The first-order valence-corrected chi connectivity index (χ1v) is 11.4. The molecule has 1 aliphatic heterocycles. The molecule has 2 amide bonds. The summed E-state index contributed by atoms with van der Waals surface area (Å²) in [4.78, 5) is 31.2. The SMILES string of the molecule is COCCN(CC(=O)N1CCc2sccc2C1c1ccccc1)C(=O)c1ccc(F)cc1. The molecule has 1 unspecified atom stereocenters. The quantitative estimate of drug-likeness (QED) is 0.541. The Morgan fingerprint density at radius 1 is 1.12 bits per heavy atom. The van der Waals surface area contributed by atoms with Crippen molar-refractivity contribution in [3.05, 3.63) is 93.4 Å². The molecule has 0 fully saturated rings. The highest BCUT2D eigenvalue weighted by Crippen LogP contribution is 2.37. The van der Waals surface area contributed by atoms with Crippen molar-refractivity contribution in [3.63, 3.8) is 0 Å². The zero-order chi connectivity index (χ0) is 22.5. The number of carbonyl (C=O) groups is 2. The van der Waals surface area contributed by atoms with Gasteiger partial charge in [0.05, 0.1) is 12.6 Å². The van der Waals surface area contributed by atoms with Gasteiger partial charge in [0.25, 0.3) is 5.91 Å². The van der Waals surface area contributed by atoms with Gasteiger partial charge < -0.3 is 14.5 Å². The van der Waals surface area contributed by atoms with Crippen molar-refractivity contribution in [2.24, 2.45) is 0 Å². The third-order valence-electron chi connectivity index (χ3n) is 5.67. The van der Waals surface area contributed by atoms with E-state index >= 15 is 0 Å². The molecule has 1 aromatic heterocycles. The topological polar surface area (TPSA) is 49.9 Å². The van der Waals surface area contributed by atoms with E-state index in [1.165, 1.54) is 34.0 Å². The summed E-state index contributed by atoms with van der Waals surface area (Å²) in [5.41, 5.74) is 2.54. The van der Waals surface area contributed by atoms with Crippen molar-refractivity contribution in [1.82, 2.24) is 9.80 Å². The molecule has 166 valence electrons. The van der Waals surface area contributed by atoms with Gasteiger partial charge in [-0.2, -0.15) is 0 Å². The number of ether oxygens (including phenoxy) is 1. The fraction of sp³-hybridized carbons (Fsp3) is 0.280. The molecule has 7 heteroatoms. The highest BCUT2D eigenvalue weighted by atomic mass is 32.1. The van der Waals surface area contributed by atoms with Crippen molar-refractivity contribution in [2.75, 3.05) is 33.4 Å². The maximum Gasteiger partial charge on any atom is 0.254 e. The second-order valence-electron chi connectivity index (χ2n) is 7.68. The van der Waals surface area contributed by atoms with Crippen LogP contribution < -0.4 is 0 Å². The highest BCUT2D eigenvalue weighted by Gasteiger charge is 2.34. The first kappa shape index (κ1) is 22.2. The van der Waals surface area contributed by atoms with Gasteiger partial charge in [0.2, 0.25) is 5.91 Å². The normalized spacial score (nSPS) is 15.3. The fourth-order valence-electron chi connectivity index (χ4n) is 4.06. The van der Waals surface area contributed by atoms with E-state index in [4.69, 9.17) is 4.74 Å². The Morgan fingerprint density at radius 2 is 1.88 bits per heavy atom. The van der Waals surface area contributed by atoms with Crippen LogP contribution in [0.5, 0.6) is 0 Å². The molecular weight excluding hydrogens is 427 g/mol. The zero-order valence-corrected chi connectivity index (χ0v) is 18.7. The van der Waals surface area contributed by atoms with E-state index in [0.29, 0.717) is 18.7 Å². The zero-order valence-electron chi connectivity index (χ0n) is 17.9. The molecule has 2 heterocycles. The Hall–Kier alpha value is -3.03. The monoisotopic (exact) mass is 452 g/mol. The van der Waals surface area contributed by atoms with Gasteiger partial charge in [-0.3, -0.25) is 9.59 Å². The molecule has 4 rings (SSSR count). The summed E-state index contributed by atoms with van der Waals surface area (Å²) in [6.45, 7) is 1.10. The molecule has 3 aromatic rings. The summed E-state index contributed by atoms with van der Waals surface area (Å²) in [6, 6.07) is 17.3. The Kier molecular flexibility index (Phi) is 6.97. The van der Waals surface area contributed by atoms with Crippen molar-refractivity contribution in [2.45, 2.75) is 12.5 Å². The highest BCUT2D eigenvalue weighted by molar-refractivity contribution is 7.10. The number of thiophene rings is 1. The van der Waals surface area contributed by atoms with Gasteiger partial charge in [-0.1, -0.05) is 30.3 Å².